The van der Waals surface area contributed by atoms with Crippen molar-refractivity contribution in [1.29, 1.82) is 0 Å². The van der Waals surface area contributed by atoms with Gasteiger partial charge >= 0.3 is 0 Å². The summed E-state index contributed by atoms with van der Waals surface area (Å²) in [5.74, 6) is 0.702. The third-order valence-electron chi connectivity index (χ3n) is 5.38. The van der Waals surface area contributed by atoms with Crippen LogP contribution in [0.3, 0.4) is 0 Å². The van der Waals surface area contributed by atoms with E-state index in [0.717, 1.165) is 30.4 Å². The van der Waals surface area contributed by atoms with E-state index in [9.17, 15) is 13.2 Å². The van der Waals surface area contributed by atoms with Crippen LogP contribution in [0.5, 0.6) is 0 Å². The van der Waals surface area contributed by atoms with Crippen LogP contribution in [0.1, 0.15) is 6.42 Å². The maximum atomic E-state index is 12.6. The molecule has 0 bridgehead atoms. The van der Waals surface area contributed by atoms with Crippen LogP contribution in [0.15, 0.2) is 36.5 Å². The number of amides is 1. The van der Waals surface area contributed by atoms with E-state index in [1.807, 2.05) is 46.0 Å². The number of carbonyl (C=O) groups excluding carboxylic acids is 1. The summed E-state index contributed by atoms with van der Waals surface area (Å²) < 4.78 is 25.3. The summed E-state index contributed by atoms with van der Waals surface area (Å²) in [6, 6.07) is 10.2. The van der Waals surface area contributed by atoms with Gasteiger partial charge in [0.15, 0.2) is 9.84 Å². The Hall–Kier alpha value is -1.86. The van der Waals surface area contributed by atoms with E-state index in [0.29, 0.717) is 25.4 Å². The fraction of sp³-hybridized carbons (Fsp3) is 0.500. The highest BCUT2D eigenvalue weighted by Gasteiger charge is 2.34. The van der Waals surface area contributed by atoms with E-state index >= 15 is 0 Å². The third-order valence-corrected chi connectivity index (χ3v) is 7.13. The minimum Gasteiger partial charge on any atom is -0.339 e. The number of carbonyl (C=O) groups is 1. The molecule has 1 atom stereocenters. The molecule has 2 fully saturated rings. The van der Waals surface area contributed by atoms with Crippen LogP contribution >= 0.6 is 0 Å². The van der Waals surface area contributed by atoms with Gasteiger partial charge in [-0.25, -0.2) is 8.42 Å². The van der Waals surface area contributed by atoms with Gasteiger partial charge in [-0.2, -0.15) is 0 Å². The van der Waals surface area contributed by atoms with Crippen LogP contribution in [0.25, 0.3) is 10.9 Å². The summed E-state index contributed by atoms with van der Waals surface area (Å²) in [5, 5.41) is 1.14. The minimum atomic E-state index is -2.86. The highest BCUT2D eigenvalue weighted by molar-refractivity contribution is 7.91. The lowest BCUT2D eigenvalue weighted by atomic mass is 10.2. The van der Waals surface area contributed by atoms with Crippen molar-refractivity contribution >= 4 is 26.6 Å². The monoisotopic (exact) mass is 361 g/mol. The molecule has 0 unspecified atom stereocenters. The van der Waals surface area contributed by atoms with Crippen molar-refractivity contribution in [1.82, 2.24) is 14.4 Å². The van der Waals surface area contributed by atoms with Gasteiger partial charge in [0.25, 0.3) is 0 Å². The Morgan fingerprint density at radius 1 is 1.08 bits per heavy atom. The molecule has 2 aromatic rings. The number of hydrogen-bond donors (Lipinski definition) is 0. The number of para-hydroxylation sites is 1. The van der Waals surface area contributed by atoms with Crippen LogP contribution in [0.4, 0.5) is 0 Å². The smallest absolute Gasteiger partial charge is 0.242 e. The predicted molar refractivity (Wildman–Crippen MR) is 97.1 cm³/mol. The average molecular weight is 361 g/mol. The molecule has 2 saturated heterocycles. The molecular weight excluding hydrogens is 338 g/mol. The number of piperazine rings is 1. The van der Waals surface area contributed by atoms with Crippen molar-refractivity contribution in [2.24, 2.45) is 0 Å². The van der Waals surface area contributed by atoms with Crippen LogP contribution in [0, 0.1) is 0 Å². The van der Waals surface area contributed by atoms with E-state index in [-0.39, 0.29) is 17.7 Å². The number of hydrogen-bond acceptors (Lipinski definition) is 4. The lowest BCUT2D eigenvalue weighted by Crippen LogP contribution is -2.52. The maximum Gasteiger partial charge on any atom is 0.242 e. The molecule has 4 rings (SSSR count). The summed E-state index contributed by atoms with van der Waals surface area (Å²) in [6.45, 7) is 3.23. The summed E-state index contributed by atoms with van der Waals surface area (Å²) in [6.07, 6.45) is 2.69. The fourth-order valence-electron chi connectivity index (χ4n) is 3.92. The molecule has 0 spiro atoms. The molecule has 1 aromatic heterocycles. The Morgan fingerprint density at radius 3 is 2.56 bits per heavy atom. The second kappa shape index (κ2) is 6.46. The van der Waals surface area contributed by atoms with Crippen LogP contribution in [0.2, 0.25) is 0 Å². The van der Waals surface area contributed by atoms with Gasteiger partial charge in [0.05, 0.1) is 11.5 Å². The SMILES string of the molecule is O=C(Cn1ccc2ccccc21)N1CCN([C@@H]2CCS(=O)(=O)C2)CC1. The second-order valence-electron chi connectivity index (χ2n) is 6.98. The molecule has 0 aliphatic carbocycles. The molecule has 3 heterocycles. The average Bonchev–Trinajstić information content (AvgIpc) is 3.18. The molecule has 25 heavy (non-hydrogen) atoms. The summed E-state index contributed by atoms with van der Waals surface area (Å²) >= 11 is 0. The normalized spacial score (nSPS) is 24.0. The number of sulfone groups is 1. The number of rotatable bonds is 3. The van der Waals surface area contributed by atoms with E-state index in [1.165, 1.54) is 0 Å². The number of benzene rings is 1. The van der Waals surface area contributed by atoms with Gasteiger partial charge in [0, 0.05) is 43.9 Å². The standard InChI is InChI=1S/C18H23N3O3S/c22-18(13-21-7-5-15-3-1-2-4-17(15)21)20-10-8-19(9-11-20)16-6-12-25(23,24)14-16/h1-5,7,16H,6,8-14H2/t16-/m1/s1. The highest BCUT2D eigenvalue weighted by Crippen LogP contribution is 2.20. The summed E-state index contributed by atoms with van der Waals surface area (Å²) in [7, 11) is -2.86. The maximum absolute atomic E-state index is 12.6. The first-order valence-electron chi connectivity index (χ1n) is 8.78. The van der Waals surface area contributed by atoms with E-state index < -0.39 is 9.84 Å². The molecule has 134 valence electrons. The van der Waals surface area contributed by atoms with Crippen molar-refractivity contribution in [2.45, 2.75) is 19.0 Å². The van der Waals surface area contributed by atoms with Gasteiger partial charge in [-0.3, -0.25) is 9.69 Å². The number of nitrogens with zero attached hydrogens (tertiary/aromatic N) is 3. The lowest BCUT2D eigenvalue weighted by molar-refractivity contribution is -0.133. The van der Waals surface area contributed by atoms with Crippen LogP contribution in [-0.4, -0.2) is 72.4 Å². The van der Waals surface area contributed by atoms with Crippen molar-refractivity contribution in [3.63, 3.8) is 0 Å². The fourth-order valence-corrected chi connectivity index (χ4v) is 5.69. The van der Waals surface area contributed by atoms with Crippen LogP contribution < -0.4 is 0 Å². The zero-order valence-electron chi connectivity index (χ0n) is 14.2. The van der Waals surface area contributed by atoms with Crippen molar-refractivity contribution in [2.75, 3.05) is 37.7 Å². The van der Waals surface area contributed by atoms with E-state index in [1.54, 1.807) is 0 Å². The highest BCUT2D eigenvalue weighted by atomic mass is 32.2. The van der Waals surface area contributed by atoms with Crippen molar-refractivity contribution < 1.29 is 13.2 Å². The Balaban J connectivity index is 1.35. The number of fused-ring (bicyclic) bond motifs is 1. The molecule has 1 aromatic carbocycles. The minimum absolute atomic E-state index is 0.125. The van der Waals surface area contributed by atoms with Crippen molar-refractivity contribution in [3.8, 4) is 0 Å². The van der Waals surface area contributed by atoms with Gasteiger partial charge in [0.2, 0.25) is 5.91 Å². The van der Waals surface area contributed by atoms with Gasteiger partial charge in [-0.15, -0.1) is 0 Å². The molecular formula is C18H23N3O3S. The van der Waals surface area contributed by atoms with Gasteiger partial charge in [-0.1, -0.05) is 18.2 Å². The molecule has 0 N–H and O–H groups in total. The topological polar surface area (TPSA) is 62.6 Å². The zero-order valence-corrected chi connectivity index (χ0v) is 15.0. The Bertz CT molecular complexity index is 882. The summed E-state index contributed by atoms with van der Waals surface area (Å²) in [4.78, 5) is 16.8. The molecule has 7 heteroatoms. The first kappa shape index (κ1) is 16.6. The second-order valence-corrected chi connectivity index (χ2v) is 9.20. The predicted octanol–water partition coefficient (Wildman–Crippen LogP) is 0.973. The van der Waals surface area contributed by atoms with Crippen LogP contribution in [-0.2, 0) is 21.2 Å². The molecule has 6 nitrogen and oxygen atoms in total. The molecule has 2 aliphatic heterocycles. The third kappa shape index (κ3) is 3.43. The van der Waals surface area contributed by atoms with E-state index in [2.05, 4.69) is 4.90 Å². The molecule has 2 aliphatic rings. The molecule has 0 radical (unpaired) electrons. The quantitative estimate of drug-likeness (QED) is 0.817. The largest absolute Gasteiger partial charge is 0.339 e. The molecule has 1 amide bonds. The first-order chi connectivity index (χ1) is 12.0. The van der Waals surface area contributed by atoms with Crippen molar-refractivity contribution in [3.05, 3.63) is 36.5 Å². The first-order valence-corrected chi connectivity index (χ1v) is 10.6. The van der Waals surface area contributed by atoms with Gasteiger partial charge in [-0.05, 0) is 23.9 Å². The van der Waals surface area contributed by atoms with Gasteiger partial charge in [0.1, 0.15) is 6.54 Å². The Labute approximate surface area is 147 Å². The van der Waals surface area contributed by atoms with E-state index in [4.69, 9.17) is 0 Å². The molecule has 0 saturated carbocycles. The Morgan fingerprint density at radius 2 is 1.84 bits per heavy atom. The van der Waals surface area contributed by atoms with Gasteiger partial charge < -0.3 is 9.47 Å². The lowest BCUT2D eigenvalue weighted by Gasteiger charge is -2.37. The zero-order chi connectivity index (χ0) is 17.4. The Kier molecular flexibility index (Phi) is 4.29. The summed E-state index contributed by atoms with van der Waals surface area (Å²) in [5.41, 5.74) is 1.07. The number of aromatic nitrogens is 1.